The fraction of sp³-hybridized carbons (Fsp3) is 0.280. The molecule has 1 amide bonds. The first kappa shape index (κ1) is 22.8. The number of likely N-dealkylation sites (tertiary alicyclic amines) is 1. The van der Waals surface area contributed by atoms with E-state index in [-0.39, 0.29) is 34.9 Å². The summed E-state index contributed by atoms with van der Waals surface area (Å²) in [6, 6.07) is 7.45. The molecule has 0 bridgehead atoms. The molecule has 2 atom stereocenters. The molecule has 0 aliphatic carbocycles. The van der Waals surface area contributed by atoms with E-state index >= 15 is 0 Å². The molecule has 0 unspecified atom stereocenters. The van der Waals surface area contributed by atoms with Crippen molar-refractivity contribution in [3.05, 3.63) is 71.8 Å². The number of rotatable bonds is 5. The molecule has 1 fully saturated rings. The van der Waals surface area contributed by atoms with Crippen LogP contribution >= 0.6 is 0 Å². The fourth-order valence-corrected chi connectivity index (χ4v) is 4.48. The van der Waals surface area contributed by atoms with Crippen LogP contribution in [0.3, 0.4) is 0 Å². The van der Waals surface area contributed by atoms with Crippen molar-refractivity contribution in [3.8, 4) is 11.4 Å². The molecule has 2 aromatic carbocycles. The fourth-order valence-electron chi connectivity index (χ4n) is 4.48. The van der Waals surface area contributed by atoms with E-state index in [2.05, 4.69) is 20.3 Å². The Balaban J connectivity index is 1.43. The number of halogens is 3. The standard InChI is InChI=1S/C25H22F3N5O2/c1-14-4-2-9-33(21(14)13-31-25-32-20-10-15(26)5-6-22(20)35-25)24(34)17-12-19(28)18(27)11-16(17)23-29-7-3-8-30-23/h3,5-8,10-12,14,21H,2,4,9,13H2,1H3,(H,31,32)/t14-,21-/m1/s1. The predicted molar refractivity (Wildman–Crippen MR) is 123 cm³/mol. The topological polar surface area (TPSA) is 84.2 Å². The molecule has 1 aliphatic rings. The van der Waals surface area contributed by atoms with Crippen molar-refractivity contribution in [2.45, 2.75) is 25.8 Å². The minimum Gasteiger partial charge on any atom is -0.424 e. The minimum atomic E-state index is -1.12. The van der Waals surface area contributed by atoms with Gasteiger partial charge in [0.2, 0.25) is 0 Å². The summed E-state index contributed by atoms with van der Waals surface area (Å²) in [5, 5.41) is 3.10. The molecular formula is C25H22F3N5O2. The van der Waals surface area contributed by atoms with E-state index in [1.165, 1.54) is 30.6 Å². The first-order valence-electron chi connectivity index (χ1n) is 11.3. The maximum Gasteiger partial charge on any atom is 0.295 e. The lowest BCUT2D eigenvalue weighted by Crippen LogP contribution is -2.51. The van der Waals surface area contributed by atoms with Crippen LogP contribution in [-0.4, -0.2) is 44.9 Å². The second kappa shape index (κ2) is 9.36. The van der Waals surface area contributed by atoms with Crippen LogP contribution < -0.4 is 5.32 Å². The molecule has 0 radical (unpaired) electrons. The molecule has 4 aromatic rings. The molecule has 35 heavy (non-hydrogen) atoms. The van der Waals surface area contributed by atoms with Gasteiger partial charge in [-0.2, -0.15) is 4.98 Å². The van der Waals surface area contributed by atoms with Gasteiger partial charge in [0.25, 0.3) is 11.9 Å². The number of aromatic nitrogens is 3. The average Bonchev–Trinajstić information content (AvgIpc) is 3.26. The van der Waals surface area contributed by atoms with Crippen LogP contribution in [0.2, 0.25) is 0 Å². The number of hydrogen-bond acceptors (Lipinski definition) is 6. The van der Waals surface area contributed by atoms with Gasteiger partial charge >= 0.3 is 0 Å². The Hall–Kier alpha value is -3.95. The summed E-state index contributed by atoms with van der Waals surface area (Å²) in [5.41, 5.74) is 0.936. The lowest BCUT2D eigenvalue weighted by Gasteiger charge is -2.40. The number of oxazole rings is 1. The van der Waals surface area contributed by atoms with Gasteiger partial charge in [-0.15, -0.1) is 0 Å². The first-order valence-corrected chi connectivity index (χ1v) is 11.3. The van der Waals surface area contributed by atoms with E-state index in [0.29, 0.717) is 24.2 Å². The highest BCUT2D eigenvalue weighted by molar-refractivity contribution is 6.00. The molecule has 5 rings (SSSR count). The SMILES string of the molecule is C[C@@H]1CCCN(C(=O)c2cc(F)c(F)cc2-c2ncccn2)[C@@H]1CNc1nc2cc(F)ccc2o1. The number of piperidine rings is 1. The molecule has 7 nitrogen and oxygen atoms in total. The maximum atomic E-state index is 14.2. The maximum absolute atomic E-state index is 14.2. The summed E-state index contributed by atoms with van der Waals surface area (Å²) in [6.07, 6.45) is 4.60. The Morgan fingerprint density at radius 1 is 1.14 bits per heavy atom. The van der Waals surface area contributed by atoms with E-state index in [1.54, 1.807) is 11.0 Å². The molecule has 1 aliphatic heterocycles. The molecule has 1 N–H and O–H groups in total. The number of nitrogens with zero attached hydrogens (tertiary/aromatic N) is 4. The Morgan fingerprint density at radius 3 is 2.71 bits per heavy atom. The molecular weight excluding hydrogens is 459 g/mol. The number of hydrogen-bond donors (Lipinski definition) is 1. The van der Waals surface area contributed by atoms with Gasteiger partial charge in [0.15, 0.2) is 23.0 Å². The van der Waals surface area contributed by atoms with Crippen LogP contribution in [0.5, 0.6) is 0 Å². The van der Waals surface area contributed by atoms with Crippen molar-refractivity contribution in [1.29, 1.82) is 0 Å². The second-order valence-corrected chi connectivity index (χ2v) is 8.58. The molecule has 180 valence electrons. The summed E-state index contributed by atoms with van der Waals surface area (Å²) < 4.78 is 47.4. The smallest absolute Gasteiger partial charge is 0.295 e. The van der Waals surface area contributed by atoms with E-state index in [4.69, 9.17) is 4.42 Å². The highest BCUT2D eigenvalue weighted by atomic mass is 19.2. The van der Waals surface area contributed by atoms with Crippen LogP contribution in [0.15, 0.2) is 53.2 Å². The van der Waals surface area contributed by atoms with Gasteiger partial charge in [-0.3, -0.25) is 4.79 Å². The Bertz CT molecular complexity index is 1380. The molecule has 1 saturated heterocycles. The average molecular weight is 481 g/mol. The van der Waals surface area contributed by atoms with Crippen LogP contribution in [0.25, 0.3) is 22.5 Å². The molecule has 0 spiro atoms. The summed E-state index contributed by atoms with van der Waals surface area (Å²) in [5.74, 6) is -2.81. The molecule has 3 heterocycles. The van der Waals surface area contributed by atoms with Crippen molar-refractivity contribution in [3.63, 3.8) is 0 Å². The van der Waals surface area contributed by atoms with Gasteiger partial charge in [0, 0.05) is 37.1 Å². The Kier molecular flexibility index (Phi) is 6.10. The summed E-state index contributed by atoms with van der Waals surface area (Å²) in [4.78, 5) is 27.8. The van der Waals surface area contributed by atoms with Gasteiger partial charge in [-0.25, -0.2) is 23.1 Å². The van der Waals surface area contributed by atoms with Crippen LogP contribution in [0.4, 0.5) is 19.2 Å². The highest BCUT2D eigenvalue weighted by Gasteiger charge is 2.34. The van der Waals surface area contributed by atoms with E-state index in [0.717, 1.165) is 25.0 Å². The molecule has 10 heteroatoms. The van der Waals surface area contributed by atoms with Crippen molar-refractivity contribution >= 4 is 23.0 Å². The third-order valence-corrected chi connectivity index (χ3v) is 6.29. The monoisotopic (exact) mass is 481 g/mol. The number of benzene rings is 2. The van der Waals surface area contributed by atoms with Crippen molar-refractivity contribution in [2.75, 3.05) is 18.4 Å². The van der Waals surface area contributed by atoms with Gasteiger partial charge in [0.05, 0.1) is 11.6 Å². The van der Waals surface area contributed by atoms with Crippen molar-refractivity contribution in [1.82, 2.24) is 19.9 Å². The quantitative estimate of drug-likeness (QED) is 0.429. The lowest BCUT2D eigenvalue weighted by atomic mass is 9.89. The van der Waals surface area contributed by atoms with Gasteiger partial charge < -0.3 is 14.6 Å². The number of carbonyl (C=O) groups is 1. The van der Waals surface area contributed by atoms with Crippen molar-refractivity contribution in [2.24, 2.45) is 5.92 Å². The zero-order valence-electron chi connectivity index (χ0n) is 18.8. The summed E-state index contributed by atoms with van der Waals surface area (Å²) >= 11 is 0. The van der Waals surface area contributed by atoms with E-state index < -0.39 is 23.4 Å². The Labute approximate surface area is 199 Å². The summed E-state index contributed by atoms with van der Waals surface area (Å²) in [7, 11) is 0. The Morgan fingerprint density at radius 2 is 1.91 bits per heavy atom. The third-order valence-electron chi connectivity index (χ3n) is 6.29. The van der Waals surface area contributed by atoms with Crippen LogP contribution in [-0.2, 0) is 0 Å². The molecule has 2 aromatic heterocycles. The zero-order valence-corrected chi connectivity index (χ0v) is 18.8. The third kappa shape index (κ3) is 4.55. The van der Waals surface area contributed by atoms with Gasteiger partial charge in [0.1, 0.15) is 11.3 Å². The number of fused-ring (bicyclic) bond motifs is 1. The minimum absolute atomic E-state index is 0.00784. The highest BCUT2D eigenvalue weighted by Crippen LogP contribution is 2.30. The number of nitrogens with one attached hydrogen (secondary N) is 1. The van der Waals surface area contributed by atoms with Gasteiger partial charge in [-0.05, 0) is 49.1 Å². The largest absolute Gasteiger partial charge is 0.424 e. The first-order chi connectivity index (χ1) is 16.9. The van der Waals surface area contributed by atoms with Crippen LogP contribution in [0, 0.1) is 23.4 Å². The van der Waals surface area contributed by atoms with Crippen molar-refractivity contribution < 1.29 is 22.4 Å². The zero-order chi connectivity index (χ0) is 24.5. The molecule has 0 saturated carbocycles. The number of carbonyl (C=O) groups excluding carboxylic acids is 1. The number of amides is 1. The predicted octanol–water partition coefficient (Wildman–Crippen LogP) is 5.05. The van der Waals surface area contributed by atoms with Crippen LogP contribution in [0.1, 0.15) is 30.1 Å². The summed E-state index contributed by atoms with van der Waals surface area (Å²) in [6.45, 7) is 2.78. The van der Waals surface area contributed by atoms with E-state index in [1.807, 2.05) is 6.92 Å². The normalized spacial score (nSPS) is 18.1. The van der Waals surface area contributed by atoms with Gasteiger partial charge in [-0.1, -0.05) is 6.92 Å². The lowest BCUT2D eigenvalue weighted by molar-refractivity contribution is 0.0539. The van der Waals surface area contributed by atoms with E-state index in [9.17, 15) is 18.0 Å². The number of anilines is 1. The second-order valence-electron chi connectivity index (χ2n) is 8.58.